The molecule has 1 fully saturated rings. The van der Waals surface area contributed by atoms with Crippen LogP contribution in [0, 0.1) is 11.3 Å². The molecule has 1 saturated carbocycles. The molecule has 0 radical (unpaired) electrons. The molecule has 0 aliphatic heterocycles. The topological polar surface area (TPSA) is 125 Å². The molecule has 5 rings (SSSR count). The van der Waals surface area contributed by atoms with Gasteiger partial charge in [0.1, 0.15) is 11.4 Å². The van der Waals surface area contributed by atoms with E-state index in [1.54, 1.807) is 0 Å². The van der Waals surface area contributed by atoms with E-state index in [1.807, 2.05) is 24.3 Å². The van der Waals surface area contributed by atoms with Crippen LogP contribution < -0.4 is 0 Å². The third-order valence-corrected chi connectivity index (χ3v) is 7.96. The number of sulfone groups is 1. The number of hydrogen-bond donors (Lipinski definition) is 1. The van der Waals surface area contributed by atoms with Crippen LogP contribution >= 0.6 is 0 Å². The zero-order valence-electron chi connectivity index (χ0n) is 18.9. The maximum atomic E-state index is 13.7. The number of H-pyrrole nitrogens is 1. The van der Waals surface area contributed by atoms with Gasteiger partial charge in [0.15, 0.2) is 21.3 Å². The molecule has 11 heteroatoms. The Kier molecular flexibility index (Phi) is 5.18. The van der Waals surface area contributed by atoms with Crippen LogP contribution in [-0.4, -0.2) is 39.3 Å². The first-order valence-electron chi connectivity index (χ1n) is 10.9. The highest BCUT2D eigenvalue weighted by Crippen LogP contribution is 2.47. The quantitative estimate of drug-likeness (QED) is 0.417. The Morgan fingerprint density at radius 2 is 1.86 bits per heavy atom. The van der Waals surface area contributed by atoms with Crippen LogP contribution in [0.15, 0.2) is 47.5 Å². The lowest BCUT2D eigenvalue weighted by atomic mass is 9.95. The zero-order valence-corrected chi connectivity index (χ0v) is 19.7. The van der Waals surface area contributed by atoms with Gasteiger partial charge in [0.2, 0.25) is 0 Å². The molecule has 0 saturated heterocycles. The van der Waals surface area contributed by atoms with Crippen molar-refractivity contribution in [2.45, 2.75) is 42.9 Å². The summed E-state index contributed by atoms with van der Waals surface area (Å²) < 4.78 is 53.2. The predicted molar refractivity (Wildman–Crippen MR) is 124 cm³/mol. The number of nitrogens with zero attached hydrogens (tertiary/aromatic N) is 5. The van der Waals surface area contributed by atoms with Crippen molar-refractivity contribution in [3.05, 3.63) is 53.9 Å². The van der Waals surface area contributed by atoms with E-state index < -0.39 is 26.9 Å². The Labute approximate surface area is 200 Å². The molecular weight excluding hydrogens is 474 g/mol. The molecule has 0 amide bonds. The first-order valence-corrected chi connectivity index (χ1v) is 12.6. The fourth-order valence-electron chi connectivity index (χ4n) is 3.89. The second kappa shape index (κ2) is 7.88. The maximum absolute atomic E-state index is 13.7. The van der Waals surface area contributed by atoms with Crippen molar-refractivity contribution in [2.24, 2.45) is 0 Å². The number of imidazole rings is 1. The number of nitrogens with one attached hydrogen (secondary N) is 1. The summed E-state index contributed by atoms with van der Waals surface area (Å²) in [7, 11) is -3.72. The summed E-state index contributed by atoms with van der Waals surface area (Å²) in [5.74, 6) is -3.27. The standard InChI is InChI=1S/C24H20F2N6O2S/c1-3-35(33,34)18-10-15(14-4-6-16(7-5-14)24(13-27)8-9-24)12-28-20(18)22-29-17-11-19(23(2,25)26)31-32-21(17)30-22/h4-7,10-12H,3,8-9H2,1-2H3,(H,29,30,32). The van der Waals surface area contributed by atoms with Crippen LogP contribution in [-0.2, 0) is 21.2 Å². The van der Waals surface area contributed by atoms with Gasteiger partial charge in [0.25, 0.3) is 5.92 Å². The molecule has 3 heterocycles. The van der Waals surface area contributed by atoms with Gasteiger partial charge in [-0.15, -0.1) is 10.2 Å². The van der Waals surface area contributed by atoms with Crippen molar-refractivity contribution in [2.75, 3.05) is 5.75 Å². The first kappa shape index (κ1) is 23.0. The number of nitriles is 1. The van der Waals surface area contributed by atoms with Gasteiger partial charge >= 0.3 is 0 Å². The number of halogens is 2. The lowest BCUT2D eigenvalue weighted by Crippen LogP contribution is -2.10. The largest absolute Gasteiger partial charge is 0.335 e. The molecule has 1 aliphatic rings. The molecular formula is C24H20F2N6O2S. The molecule has 0 bridgehead atoms. The van der Waals surface area contributed by atoms with Gasteiger partial charge in [-0.05, 0) is 36.1 Å². The molecule has 8 nitrogen and oxygen atoms in total. The Balaban J connectivity index is 1.59. The van der Waals surface area contributed by atoms with Crippen LogP contribution in [0.25, 0.3) is 33.8 Å². The van der Waals surface area contributed by atoms with Crippen molar-refractivity contribution in [1.29, 1.82) is 5.26 Å². The van der Waals surface area contributed by atoms with Crippen LogP contribution in [0.4, 0.5) is 8.78 Å². The summed E-state index contributed by atoms with van der Waals surface area (Å²) in [6.45, 7) is 2.24. The third kappa shape index (κ3) is 4.04. The highest BCUT2D eigenvalue weighted by Gasteiger charge is 2.44. The Hall–Kier alpha value is -3.78. The molecule has 3 aromatic heterocycles. The number of alkyl halides is 2. The second-order valence-electron chi connectivity index (χ2n) is 8.69. The SMILES string of the molecule is CCS(=O)(=O)c1cc(-c2ccc(C3(C#N)CC3)cc2)cnc1-c1nc2nnc(C(C)(F)F)cc2[nH]1. The van der Waals surface area contributed by atoms with Crippen molar-refractivity contribution in [3.8, 4) is 28.7 Å². The zero-order chi connectivity index (χ0) is 25.0. The van der Waals surface area contributed by atoms with E-state index in [1.165, 1.54) is 19.2 Å². The second-order valence-corrected chi connectivity index (χ2v) is 10.9. The third-order valence-electron chi connectivity index (χ3n) is 6.22. The molecule has 4 aromatic rings. The number of pyridine rings is 1. The molecule has 1 aliphatic carbocycles. The molecule has 1 aromatic carbocycles. The number of fused-ring (bicyclic) bond motifs is 1. The summed E-state index contributed by atoms with van der Waals surface area (Å²) in [6, 6.07) is 12.5. The normalized spacial score (nSPS) is 15.2. The van der Waals surface area contributed by atoms with Crippen molar-refractivity contribution >= 4 is 21.0 Å². The van der Waals surface area contributed by atoms with Gasteiger partial charge in [0, 0.05) is 18.7 Å². The van der Waals surface area contributed by atoms with E-state index in [9.17, 15) is 22.5 Å². The minimum atomic E-state index is -3.72. The Morgan fingerprint density at radius 3 is 2.46 bits per heavy atom. The fraction of sp³-hybridized carbons (Fsp3) is 0.292. The first-order chi connectivity index (χ1) is 16.6. The molecule has 0 atom stereocenters. The van der Waals surface area contributed by atoms with Crippen molar-refractivity contribution in [1.82, 2.24) is 25.1 Å². The van der Waals surface area contributed by atoms with Gasteiger partial charge in [-0.3, -0.25) is 4.98 Å². The molecule has 1 N–H and O–H groups in total. The van der Waals surface area contributed by atoms with E-state index >= 15 is 0 Å². The van der Waals surface area contributed by atoms with Gasteiger partial charge < -0.3 is 4.98 Å². The van der Waals surface area contributed by atoms with Crippen molar-refractivity contribution < 1.29 is 17.2 Å². The highest BCUT2D eigenvalue weighted by atomic mass is 32.2. The predicted octanol–water partition coefficient (Wildman–Crippen LogP) is 4.54. The average molecular weight is 495 g/mol. The van der Waals surface area contributed by atoms with E-state index in [0.717, 1.165) is 30.0 Å². The number of hydrogen-bond acceptors (Lipinski definition) is 7. The fourth-order valence-corrected chi connectivity index (χ4v) is 4.95. The van der Waals surface area contributed by atoms with Crippen LogP contribution in [0.3, 0.4) is 0 Å². The number of rotatable bonds is 6. The van der Waals surface area contributed by atoms with Gasteiger partial charge in [-0.1, -0.05) is 31.2 Å². The highest BCUT2D eigenvalue weighted by molar-refractivity contribution is 7.91. The van der Waals surface area contributed by atoms with E-state index in [-0.39, 0.29) is 33.3 Å². The van der Waals surface area contributed by atoms with E-state index in [2.05, 4.69) is 31.2 Å². The van der Waals surface area contributed by atoms with Crippen molar-refractivity contribution in [3.63, 3.8) is 0 Å². The molecule has 0 unspecified atom stereocenters. The average Bonchev–Trinajstić information content (AvgIpc) is 3.54. The molecule has 35 heavy (non-hydrogen) atoms. The minimum absolute atomic E-state index is 0.0367. The van der Waals surface area contributed by atoms with Gasteiger partial charge in [0.05, 0.1) is 27.6 Å². The monoisotopic (exact) mass is 494 g/mol. The maximum Gasteiger partial charge on any atom is 0.288 e. The van der Waals surface area contributed by atoms with Crippen LogP contribution in [0.1, 0.15) is 37.9 Å². The van der Waals surface area contributed by atoms with Crippen LogP contribution in [0.2, 0.25) is 0 Å². The molecule has 178 valence electrons. The molecule has 0 spiro atoms. The Morgan fingerprint density at radius 1 is 1.14 bits per heavy atom. The summed E-state index contributed by atoms with van der Waals surface area (Å²) in [5.41, 5.74) is 1.66. The van der Waals surface area contributed by atoms with Gasteiger partial charge in [-0.2, -0.15) is 14.0 Å². The minimum Gasteiger partial charge on any atom is -0.335 e. The number of benzene rings is 1. The van der Waals surface area contributed by atoms with Gasteiger partial charge in [-0.25, -0.2) is 13.4 Å². The Bertz CT molecular complexity index is 1600. The number of aromatic amines is 1. The van der Waals surface area contributed by atoms with Crippen LogP contribution in [0.5, 0.6) is 0 Å². The lowest BCUT2D eigenvalue weighted by molar-refractivity contribution is 0.0120. The van der Waals surface area contributed by atoms with E-state index in [4.69, 9.17) is 0 Å². The summed E-state index contributed by atoms with van der Waals surface area (Å²) in [4.78, 5) is 11.4. The van der Waals surface area contributed by atoms with E-state index in [0.29, 0.717) is 12.5 Å². The lowest BCUT2D eigenvalue weighted by Gasteiger charge is -2.11. The summed E-state index contributed by atoms with van der Waals surface area (Å²) in [5, 5.41) is 16.7. The smallest absolute Gasteiger partial charge is 0.288 e. The summed E-state index contributed by atoms with van der Waals surface area (Å²) in [6.07, 6.45) is 3.19. The summed E-state index contributed by atoms with van der Waals surface area (Å²) >= 11 is 0. The number of aromatic nitrogens is 5.